The molecular formula is C26H31N5OS. The van der Waals surface area contributed by atoms with Gasteiger partial charge in [0.05, 0.1) is 31.0 Å². The Morgan fingerprint density at radius 3 is 2.64 bits per heavy atom. The highest BCUT2D eigenvalue weighted by atomic mass is 32.1. The van der Waals surface area contributed by atoms with Crippen LogP contribution < -0.4 is 5.32 Å². The molecule has 0 saturated carbocycles. The van der Waals surface area contributed by atoms with Gasteiger partial charge in [-0.2, -0.15) is 0 Å². The molecule has 3 aromatic rings. The molecule has 6 nitrogen and oxygen atoms in total. The molecule has 1 aromatic carbocycles. The first-order chi connectivity index (χ1) is 16.2. The van der Waals surface area contributed by atoms with Crippen LogP contribution in [0.3, 0.4) is 0 Å². The van der Waals surface area contributed by atoms with Gasteiger partial charge in [-0.3, -0.25) is 9.88 Å². The Balaban J connectivity index is 1.45. The van der Waals surface area contributed by atoms with Crippen molar-refractivity contribution in [2.75, 3.05) is 39.4 Å². The predicted octanol–water partition coefficient (Wildman–Crippen LogP) is 3.88. The van der Waals surface area contributed by atoms with Crippen molar-refractivity contribution in [3.8, 4) is 5.69 Å². The van der Waals surface area contributed by atoms with Gasteiger partial charge in [-0.25, -0.2) is 0 Å². The van der Waals surface area contributed by atoms with E-state index in [0.29, 0.717) is 0 Å². The van der Waals surface area contributed by atoms with Gasteiger partial charge < -0.3 is 19.5 Å². The van der Waals surface area contributed by atoms with Crippen LogP contribution in [-0.4, -0.2) is 63.9 Å². The first-order valence-electron chi connectivity index (χ1n) is 11.7. The number of para-hydroxylation sites is 1. The van der Waals surface area contributed by atoms with Crippen molar-refractivity contribution < 1.29 is 4.74 Å². The van der Waals surface area contributed by atoms with Crippen LogP contribution in [0.15, 0.2) is 67.0 Å². The summed E-state index contributed by atoms with van der Waals surface area (Å²) in [4.78, 5) is 9.53. The Hall–Kier alpha value is -2.74. The minimum atomic E-state index is -0.000227. The van der Waals surface area contributed by atoms with E-state index in [1.54, 1.807) is 0 Å². The third-order valence-corrected chi connectivity index (χ3v) is 6.99. The molecule has 7 heteroatoms. The van der Waals surface area contributed by atoms with Crippen LogP contribution in [0.25, 0.3) is 5.69 Å². The number of aryl methyl sites for hydroxylation is 1. The van der Waals surface area contributed by atoms with E-state index in [0.717, 1.165) is 56.6 Å². The Morgan fingerprint density at radius 2 is 1.85 bits per heavy atom. The highest BCUT2D eigenvalue weighted by Crippen LogP contribution is 2.39. The van der Waals surface area contributed by atoms with Crippen LogP contribution in [0.1, 0.15) is 35.5 Å². The van der Waals surface area contributed by atoms with E-state index in [4.69, 9.17) is 17.0 Å². The summed E-state index contributed by atoms with van der Waals surface area (Å²) in [5.74, 6) is 0. The molecule has 5 rings (SSSR count). The van der Waals surface area contributed by atoms with Gasteiger partial charge in [0, 0.05) is 50.0 Å². The van der Waals surface area contributed by atoms with Crippen molar-refractivity contribution in [1.82, 2.24) is 24.7 Å². The Kier molecular flexibility index (Phi) is 6.71. The summed E-state index contributed by atoms with van der Waals surface area (Å²) in [5.41, 5.74) is 4.68. The lowest BCUT2D eigenvalue weighted by atomic mass is 10.0. The van der Waals surface area contributed by atoms with Crippen molar-refractivity contribution in [2.45, 2.75) is 25.4 Å². The summed E-state index contributed by atoms with van der Waals surface area (Å²) < 4.78 is 7.80. The number of nitrogens with zero attached hydrogens (tertiary/aromatic N) is 4. The SMILES string of the molecule is Cc1ccccc1-n1cccc1[C@@H]1[C@@H](c2ccccn2)NC(=S)N1CCCN1CCOCC1. The van der Waals surface area contributed by atoms with E-state index in [1.165, 1.54) is 16.9 Å². The van der Waals surface area contributed by atoms with Gasteiger partial charge in [0.2, 0.25) is 0 Å². The number of benzene rings is 1. The molecule has 0 amide bonds. The van der Waals surface area contributed by atoms with Crippen molar-refractivity contribution in [1.29, 1.82) is 0 Å². The molecular weight excluding hydrogens is 430 g/mol. The van der Waals surface area contributed by atoms with Gasteiger partial charge in [-0.1, -0.05) is 24.3 Å². The summed E-state index contributed by atoms with van der Waals surface area (Å²) in [5, 5.41) is 4.39. The fraction of sp³-hybridized carbons (Fsp3) is 0.385. The average molecular weight is 462 g/mol. The second-order valence-electron chi connectivity index (χ2n) is 8.72. The standard InChI is InChI=1S/C26H31N5OS/c1-20-8-2-3-10-22(20)30-14-6-11-23(30)25-24(21-9-4-5-12-27-21)28-26(33)31(25)15-7-13-29-16-18-32-19-17-29/h2-6,8-12,14,24-25H,7,13,15-19H2,1H3,(H,28,33)/t24-,25-/m1/s1. The third-order valence-electron chi connectivity index (χ3n) is 6.63. The smallest absolute Gasteiger partial charge is 0.170 e. The Labute approximate surface area is 201 Å². The maximum absolute atomic E-state index is 5.87. The normalized spacial score (nSPS) is 21.4. The van der Waals surface area contributed by atoms with Crippen LogP contribution in [-0.2, 0) is 4.74 Å². The van der Waals surface area contributed by atoms with E-state index in [2.05, 4.69) is 80.3 Å². The molecule has 0 bridgehead atoms. The second kappa shape index (κ2) is 10.0. The van der Waals surface area contributed by atoms with E-state index in [-0.39, 0.29) is 12.1 Å². The van der Waals surface area contributed by atoms with Crippen LogP contribution in [0, 0.1) is 6.92 Å². The summed E-state index contributed by atoms with van der Waals surface area (Å²) in [7, 11) is 0. The molecule has 0 aliphatic carbocycles. The number of aromatic nitrogens is 2. The van der Waals surface area contributed by atoms with Crippen LogP contribution in [0.2, 0.25) is 0 Å². The number of nitrogens with one attached hydrogen (secondary N) is 1. The highest BCUT2D eigenvalue weighted by molar-refractivity contribution is 7.80. The summed E-state index contributed by atoms with van der Waals surface area (Å²) in [6.07, 6.45) is 5.07. The quantitative estimate of drug-likeness (QED) is 0.539. The monoisotopic (exact) mass is 461 g/mol. The molecule has 0 spiro atoms. The van der Waals surface area contributed by atoms with E-state index < -0.39 is 0 Å². The van der Waals surface area contributed by atoms with E-state index in [9.17, 15) is 0 Å². The number of hydrogen-bond donors (Lipinski definition) is 1. The second-order valence-corrected chi connectivity index (χ2v) is 9.10. The minimum Gasteiger partial charge on any atom is -0.379 e. The number of thiocarbonyl (C=S) groups is 1. The van der Waals surface area contributed by atoms with Gasteiger partial charge in [0.15, 0.2) is 5.11 Å². The molecule has 2 aliphatic rings. The first kappa shape index (κ1) is 22.1. The zero-order valence-corrected chi connectivity index (χ0v) is 19.9. The molecule has 1 N–H and O–H groups in total. The maximum Gasteiger partial charge on any atom is 0.170 e. The molecule has 2 saturated heterocycles. The van der Waals surface area contributed by atoms with Gasteiger partial charge in [-0.15, -0.1) is 0 Å². The lowest BCUT2D eigenvalue weighted by Crippen LogP contribution is -2.39. The fourth-order valence-corrected chi connectivity index (χ4v) is 5.28. The molecule has 2 atom stereocenters. The number of ether oxygens (including phenoxy) is 1. The largest absolute Gasteiger partial charge is 0.379 e. The lowest BCUT2D eigenvalue weighted by Gasteiger charge is -2.31. The van der Waals surface area contributed by atoms with Gasteiger partial charge in [0.25, 0.3) is 0 Å². The lowest BCUT2D eigenvalue weighted by molar-refractivity contribution is 0.0365. The number of pyridine rings is 1. The molecule has 172 valence electrons. The molecule has 2 aliphatic heterocycles. The fourth-order valence-electron chi connectivity index (χ4n) is 4.95. The van der Waals surface area contributed by atoms with Crippen LogP contribution >= 0.6 is 12.2 Å². The molecule has 33 heavy (non-hydrogen) atoms. The molecule has 2 fully saturated rings. The topological polar surface area (TPSA) is 45.6 Å². The minimum absolute atomic E-state index is 0.000227. The predicted molar refractivity (Wildman–Crippen MR) is 135 cm³/mol. The molecule has 2 aromatic heterocycles. The van der Waals surface area contributed by atoms with Crippen molar-refractivity contribution in [3.63, 3.8) is 0 Å². The zero-order chi connectivity index (χ0) is 22.6. The number of hydrogen-bond acceptors (Lipinski definition) is 4. The zero-order valence-electron chi connectivity index (χ0n) is 19.1. The summed E-state index contributed by atoms with van der Waals surface area (Å²) in [6, 6.07) is 19.0. The first-order valence-corrected chi connectivity index (χ1v) is 12.1. The number of rotatable bonds is 7. The summed E-state index contributed by atoms with van der Waals surface area (Å²) >= 11 is 5.87. The number of morpholine rings is 1. The highest BCUT2D eigenvalue weighted by Gasteiger charge is 2.41. The van der Waals surface area contributed by atoms with E-state index >= 15 is 0 Å². The molecule has 0 unspecified atom stereocenters. The van der Waals surface area contributed by atoms with Crippen molar-refractivity contribution in [2.24, 2.45) is 0 Å². The Morgan fingerprint density at radius 1 is 1.03 bits per heavy atom. The van der Waals surface area contributed by atoms with Gasteiger partial charge >= 0.3 is 0 Å². The van der Waals surface area contributed by atoms with Crippen LogP contribution in [0.5, 0.6) is 0 Å². The van der Waals surface area contributed by atoms with Crippen LogP contribution in [0.4, 0.5) is 0 Å². The third kappa shape index (κ3) is 4.67. The average Bonchev–Trinajstić information content (AvgIpc) is 3.45. The molecule has 0 radical (unpaired) electrons. The van der Waals surface area contributed by atoms with Crippen molar-refractivity contribution >= 4 is 17.3 Å². The maximum atomic E-state index is 5.87. The van der Waals surface area contributed by atoms with Gasteiger partial charge in [0.1, 0.15) is 0 Å². The molecule has 4 heterocycles. The Bertz CT molecular complexity index is 1080. The van der Waals surface area contributed by atoms with Crippen molar-refractivity contribution in [3.05, 3.63) is 83.9 Å². The van der Waals surface area contributed by atoms with E-state index in [1.807, 2.05) is 18.3 Å². The summed E-state index contributed by atoms with van der Waals surface area (Å²) in [6.45, 7) is 7.80. The van der Waals surface area contributed by atoms with Gasteiger partial charge in [-0.05, 0) is 61.5 Å².